The van der Waals surface area contributed by atoms with Gasteiger partial charge in [-0.3, -0.25) is 0 Å². The molecule has 1 aliphatic rings. The molecule has 4 heteroatoms. The number of nitrogens with zero attached hydrogens (tertiary/aromatic N) is 1. The number of hydrogen-bond donors (Lipinski definition) is 2. The predicted molar refractivity (Wildman–Crippen MR) is 66.9 cm³/mol. The number of benzene rings is 1. The molecule has 0 radical (unpaired) electrons. The molecule has 0 aliphatic carbocycles. The third-order valence-corrected chi connectivity index (χ3v) is 3.39. The molecule has 1 aromatic heterocycles. The van der Waals surface area contributed by atoms with Gasteiger partial charge in [-0.1, -0.05) is 18.2 Å². The Hall–Kier alpha value is -1.97. The maximum atomic E-state index is 11.5. The number of rotatable bonds is 1. The van der Waals surface area contributed by atoms with E-state index < -0.39 is 0 Å². The number of fused-ring (bicyclic) bond motifs is 1. The molecule has 2 N–H and O–H groups in total. The Morgan fingerprint density at radius 1 is 1.35 bits per heavy atom. The smallest absolute Gasteiger partial charge is 0.317 e. The molecule has 1 fully saturated rings. The number of urea groups is 1. The Morgan fingerprint density at radius 2 is 2.12 bits per heavy atom. The highest BCUT2D eigenvalue weighted by Crippen LogP contribution is 2.30. The van der Waals surface area contributed by atoms with Gasteiger partial charge in [0.2, 0.25) is 0 Å². The van der Waals surface area contributed by atoms with Gasteiger partial charge in [0.05, 0.1) is 6.04 Å². The standard InChI is InChI=1S/C13H15N3O/c1-8-12(11-7-16(2)13(17)15-11)9-5-3-4-6-10(9)14-8/h3-6,11,14H,7H2,1-2H3,(H,15,17). The number of aromatic nitrogens is 1. The van der Waals surface area contributed by atoms with Crippen molar-refractivity contribution in [2.24, 2.45) is 0 Å². The fourth-order valence-corrected chi connectivity index (χ4v) is 2.57. The summed E-state index contributed by atoms with van der Waals surface area (Å²) >= 11 is 0. The molecule has 3 rings (SSSR count). The van der Waals surface area contributed by atoms with Crippen LogP contribution in [0.5, 0.6) is 0 Å². The first kappa shape index (κ1) is 10.2. The van der Waals surface area contributed by atoms with Crippen LogP contribution in [-0.4, -0.2) is 29.5 Å². The minimum atomic E-state index is -0.000295. The fraction of sp³-hybridized carbons (Fsp3) is 0.308. The average Bonchev–Trinajstić information content (AvgIpc) is 2.78. The van der Waals surface area contributed by atoms with Crippen molar-refractivity contribution in [3.05, 3.63) is 35.5 Å². The topological polar surface area (TPSA) is 48.1 Å². The lowest BCUT2D eigenvalue weighted by Gasteiger charge is -2.09. The highest BCUT2D eigenvalue weighted by atomic mass is 16.2. The number of aryl methyl sites for hydroxylation is 1. The number of amides is 2. The van der Waals surface area contributed by atoms with Gasteiger partial charge in [-0.05, 0) is 13.0 Å². The summed E-state index contributed by atoms with van der Waals surface area (Å²) in [5.41, 5.74) is 3.47. The Labute approximate surface area is 99.6 Å². The van der Waals surface area contributed by atoms with Gasteiger partial charge in [0, 0.05) is 35.8 Å². The first-order valence-corrected chi connectivity index (χ1v) is 5.75. The van der Waals surface area contributed by atoms with Gasteiger partial charge in [-0.2, -0.15) is 0 Å². The zero-order valence-corrected chi connectivity index (χ0v) is 9.95. The lowest BCUT2D eigenvalue weighted by atomic mass is 10.0. The lowest BCUT2D eigenvalue weighted by Crippen LogP contribution is -2.24. The molecule has 4 nitrogen and oxygen atoms in total. The van der Waals surface area contributed by atoms with E-state index in [2.05, 4.69) is 29.4 Å². The summed E-state index contributed by atoms with van der Waals surface area (Å²) in [6.07, 6.45) is 0. The second-order valence-corrected chi connectivity index (χ2v) is 4.59. The Kier molecular flexibility index (Phi) is 2.11. The van der Waals surface area contributed by atoms with Crippen molar-refractivity contribution >= 4 is 16.9 Å². The first-order chi connectivity index (χ1) is 8.16. The molecule has 2 heterocycles. The molecular formula is C13H15N3O. The van der Waals surface area contributed by atoms with Crippen LogP contribution in [0.15, 0.2) is 24.3 Å². The molecule has 1 unspecified atom stereocenters. The van der Waals surface area contributed by atoms with E-state index in [1.165, 1.54) is 10.9 Å². The molecule has 1 saturated heterocycles. The summed E-state index contributed by atoms with van der Waals surface area (Å²) < 4.78 is 0. The largest absolute Gasteiger partial charge is 0.358 e. The molecule has 88 valence electrons. The van der Waals surface area contributed by atoms with Gasteiger partial charge >= 0.3 is 6.03 Å². The minimum Gasteiger partial charge on any atom is -0.358 e. The summed E-state index contributed by atoms with van der Waals surface area (Å²) in [5, 5.41) is 4.21. The molecule has 0 spiro atoms. The number of hydrogen-bond acceptors (Lipinski definition) is 1. The maximum absolute atomic E-state index is 11.5. The Morgan fingerprint density at radius 3 is 2.82 bits per heavy atom. The Bertz CT molecular complexity index is 587. The average molecular weight is 229 g/mol. The van der Waals surface area contributed by atoms with E-state index in [1.54, 1.807) is 4.90 Å². The molecule has 17 heavy (non-hydrogen) atoms. The van der Waals surface area contributed by atoms with Crippen molar-refractivity contribution in [1.29, 1.82) is 0 Å². The zero-order chi connectivity index (χ0) is 12.0. The van der Waals surface area contributed by atoms with Crippen LogP contribution >= 0.6 is 0 Å². The van der Waals surface area contributed by atoms with Crippen molar-refractivity contribution in [1.82, 2.24) is 15.2 Å². The van der Waals surface area contributed by atoms with Gasteiger partial charge < -0.3 is 15.2 Å². The van der Waals surface area contributed by atoms with Gasteiger partial charge in [0.15, 0.2) is 0 Å². The van der Waals surface area contributed by atoms with Gasteiger partial charge in [-0.15, -0.1) is 0 Å². The summed E-state index contributed by atoms with van der Waals surface area (Å²) in [6, 6.07) is 8.29. The van der Waals surface area contributed by atoms with Crippen LogP contribution in [0.1, 0.15) is 17.3 Å². The van der Waals surface area contributed by atoms with E-state index in [-0.39, 0.29) is 12.1 Å². The van der Waals surface area contributed by atoms with Crippen molar-refractivity contribution in [2.75, 3.05) is 13.6 Å². The number of para-hydroxylation sites is 1. The monoisotopic (exact) mass is 229 g/mol. The van der Waals surface area contributed by atoms with Crippen LogP contribution < -0.4 is 5.32 Å². The van der Waals surface area contributed by atoms with Gasteiger partial charge in [0.1, 0.15) is 0 Å². The van der Waals surface area contributed by atoms with Crippen LogP contribution in [0.2, 0.25) is 0 Å². The molecule has 2 aromatic rings. The lowest BCUT2D eigenvalue weighted by molar-refractivity contribution is 0.226. The van der Waals surface area contributed by atoms with Gasteiger partial charge in [0.25, 0.3) is 0 Å². The van der Waals surface area contributed by atoms with Gasteiger partial charge in [-0.25, -0.2) is 4.79 Å². The van der Waals surface area contributed by atoms with Crippen LogP contribution in [-0.2, 0) is 0 Å². The number of carbonyl (C=O) groups is 1. The zero-order valence-electron chi connectivity index (χ0n) is 9.95. The predicted octanol–water partition coefficient (Wildman–Crippen LogP) is 2.17. The second kappa shape index (κ2) is 3.52. The summed E-state index contributed by atoms with van der Waals surface area (Å²) in [4.78, 5) is 16.6. The molecule has 1 aromatic carbocycles. The van der Waals surface area contributed by atoms with Crippen LogP contribution in [0.25, 0.3) is 10.9 Å². The van der Waals surface area contributed by atoms with E-state index >= 15 is 0 Å². The third kappa shape index (κ3) is 1.48. The van der Waals surface area contributed by atoms with Crippen LogP contribution in [0.4, 0.5) is 4.79 Å². The van der Waals surface area contributed by atoms with E-state index in [9.17, 15) is 4.79 Å². The van der Waals surface area contributed by atoms with Crippen molar-refractivity contribution < 1.29 is 4.79 Å². The van der Waals surface area contributed by atoms with Crippen LogP contribution in [0.3, 0.4) is 0 Å². The second-order valence-electron chi connectivity index (χ2n) is 4.59. The highest BCUT2D eigenvalue weighted by Gasteiger charge is 2.29. The summed E-state index contributed by atoms with van der Waals surface area (Å²) in [7, 11) is 1.82. The third-order valence-electron chi connectivity index (χ3n) is 3.39. The quantitative estimate of drug-likeness (QED) is 0.773. The van der Waals surface area contributed by atoms with Crippen LogP contribution in [0, 0.1) is 6.92 Å². The Balaban J connectivity index is 2.11. The van der Waals surface area contributed by atoms with Crippen molar-refractivity contribution in [2.45, 2.75) is 13.0 Å². The molecule has 1 atom stereocenters. The molecular weight excluding hydrogens is 214 g/mol. The molecule has 0 bridgehead atoms. The van der Waals surface area contributed by atoms with E-state index in [0.717, 1.165) is 17.8 Å². The van der Waals surface area contributed by atoms with Crippen molar-refractivity contribution in [3.63, 3.8) is 0 Å². The number of likely N-dealkylation sites (N-methyl/N-ethyl adjacent to an activating group) is 1. The van der Waals surface area contributed by atoms with Crippen molar-refractivity contribution in [3.8, 4) is 0 Å². The highest BCUT2D eigenvalue weighted by molar-refractivity contribution is 5.87. The normalized spacial score (nSPS) is 20.0. The minimum absolute atomic E-state index is 0.000295. The molecule has 0 saturated carbocycles. The van der Waals surface area contributed by atoms with E-state index in [0.29, 0.717) is 0 Å². The summed E-state index contributed by atoms with van der Waals surface area (Å²) in [6.45, 7) is 2.78. The number of H-pyrrole nitrogens is 1. The maximum Gasteiger partial charge on any atom is 0.317 e. The number of aromatic amines is 1. The molecule has 1 aliphatic heterocycles. The SMILES string of the molecule is Cc1[nH]c2ccccc2c1C1CN(C)C(=O)N1. The molecule has 2 amide bonds. The van der Waals surface area contributed by atoms with E-state index in [1.807, 2.05) is 19.2 Å². The number of carbonyl (C=O) groups excluding carboxylic acids is 1. The first-order valence-electron chi connectivity index (χ1n) is 5.75. The summed E-state index contributed by atoms with van der Waals surface area (Å²) in [5.74, 6) is 0. The number of nitrogens with one attached hydrogen (secondary N) is 2. The van der Waals surface area contributed by atoms with E-state index in [4.69, 9.17) is 0 Å². The fourth-order valence-electron chi connectivity index (χ4n) is 2.57.